The van der Waals surface area contributed by atoms with Crippen molar-refractivity contribution in [3.05, 3.63) is 54.4 Å². The molecule has 1 aromatic carbocycles. The van der Waals surface area contributed by atoms with Crippen molar-refractivity contribution >= 4 is 13.1 Å². The number of rotatable bonds is 6. The monoisotopic (exact) mass is 234 g/mol. The van der Waals surface area contributed by atoms with Gasteiger partial charge in [-0.05, 0) is 24.6 Å². The standard InChI is InChI=1S/C14H19OP/c1-3-5-10-13(9-4-2)16(15)14-11-7-6-8-12-14/h3,6-9,11-12,16H,1,4-5,10H2,2H3/b13-9+. The minimum Gasteiger partial charge on any atom is -0.317 e. The van der Waals surface area contributed by atoms with Gasteiger partial charge in [0, 0.05) is 5.30 Å². The van der Waals surface area contributed by atoms with Gasteiger partial charge in [0.2, 0.25) is 0 Å². The average molecular weight is 234 g/mol. The molecule has 0 saturated heterocycles. The summed E-state index contributed by atoms with van der Waals surface area (Å²) in [7, 11) is -1.78. The Labute approximate surface area is 98.7 Å². The quantitative estimate of drug-likeness (QED) is 0.534. The second-order valence-electron chi connectivity index (χ2n) is 3.66. The molecule has 0 fully saturated rings. The summed E-state index contributed by atoms with van der Waals surface area (Å²) in [5, 5.41) is 2.04. The van der Waals surface area contributed by atoms with Gasteiger partial charge in [0.05, 0.1) is 0 Å². The lowest BCUT2D eigenvalue weighted by Crippen LogP contribution is -1.96. The number of allylic oxidation sites excluding steroid dienone is 3. The van der Waals surface area contributed by atoms with E-state index in [9.17, 15) is 4.57 Å². The van der Waals surface area contributed by atoms with Crippen LogP contribution in [0.5, 0.6) is 0 Å². The second-order valence-corrected chi connectivity index (χ2v) is 5.54. The van der Waals surface area contributed by atoms with Crippen LogP contribution in [0.4, 0.5) is 0 Å². The van der Waals surface area contributed by atoms with Gasteiger partial charge in [0.1, 0.15) is 7.80 Å². The van der Waals surface area contributed by atoms with Crippen LogP contribution in [0.1, 0.15) is 26.2 Å². The summed E-state index contributed by atoms with van der Waals surface area (Å²) in [6.45, 7) is 5.78. The van der Waals surface area contributed by atoms with E-state index in [0.717, 1.165) is 29.9 Å². The normalized spacial score (nSPS) is 13.4. The van der Waals surface area contributed by atoms with Crippen LogP contribution in [0.15, 0.2) is 54.4 Å². The Hall–Kier alpha value is -1.07. The van der Waals surface area contributed by atoms with Gasteiger partial charge in [0.15, 0.2) is 0 Å². The van der Waals surface area contributed by atoms with E-state index in [-0.39, 0.29) is 0 Å². The van der Waals surface area contributed by atoms with Gasteiger partial charge < -0.3 is 4.57 Å². The maximum Gasteiger partial charge on any atom is 0.127 e. The summed E-state index contributed by atoms with van der Waals surface area (Å²) in [4.78, 5) is 0. The third-order valence-corrected chi connectivity index (χ3v) is 4.29. The molecule has 0 spiro atoms. The second kappa shape index (κ2) is 7.24. The summed E-state index contributed by atoms with van der Waals surface area (Å²) < 4.78 is 12.3. The molecule has 1 unspecified atom stereocenters. The third kappa shape index (κ3) is 3.83. The fourth-order valence-electron chi connectivity index (χ4n) is 1.59. The highest BCUT2D eigenvalue weighted by Crippen LogP contribution is 2.34. The molecule has 2 heteroatoms. The molecule has 0 N–H and O–H groups in total. The number of hydrogen-bond donors (Lipinski definition) is 0. The van der Waals surface area contributed by atoms with Crippen LogP contribution in [0.25, 0.3) is 0 Å². The van der Waals surface area contributed by atoms with Crippen LogP contribution in [0.3, 0.4) is 0 Å². The molecule has 0 aromatic heterocycles. The fraction of sp³-hybridized carbons (Fsp3) is 0.286. The molecule has 0 amide bonds. The van der Waals surface area contributed by atoms with Gasteiger partial charge in [0.25, 0.3) is 0 Å². The first kappa shape index (κ1) is 13.0. The number of hydrogen-bond acceptors (Lipinski definition) is 1. The van der Waals surface area contributed by atoms with Crippen LogP contribution in [0, 0.1) is 0 Å². The maximum atomic E-state index is 12.3. The van der Waals surface area contributed by atoms with E-state index in [4.69, 9.17) is 0 Å². The Morgan fingerprint density at radius 3 is 2.62 bits per heavy atom. The molecule has 0 heterocycles. The van der Waals surface area contributed by atoms with E-state index < -0.39 is 7.80 Å². The summed E-state index contributed by atoms with van der Waals surface area (Å²) in [5.74, 6) is 0. The SMILES string of the molecule is C=CCC/C(=C\CC)[PH](=O)c1ccccc1. The molecule has 1 rings (SSSR count). The molecule has 1 nitrogen and oxygen atoms in total. The molecule has 0 aliphatic carbocycles. The third-order valence-electron chi connectivity index (χ3n) is 2.40. The highest BCUT2D eigenvalue weighted by molar-refractivity contribution is 7.57. The molecule has 16 heavy (non-hydrogen) atoms. The van der Waals surface area contributed by atoms with Crippen molar-refractivity contribution in [3.63, 3.8) is 0 Å². The topological polar surface area (TPSA) is 17.1 Å². The van der Waals surface area contributed by atoms with E-state index in [1.165, 1.54) is 0 Å². The summed E-state index contributed by atoms with van der Waals surface area (Å²) >= 11 is 0. The Morgan fingerprint density at radius 1 is 1.38 bits per heavy atom. The Kier molecular flexibility index (Phi) is 5.88. The minimum absolute atomic E-state index is 0.865. The zero-order valence-corrected chi connectivity index (χ0v) is 10.8. The van der Waals surface area contributed by atoms with Gasteiger partial charge in [-0.25, -0.2) is 0 Å². The largest absolute Gasteiger partial charge is 0.317 e. The van der Waals surface area contributed by atoms with Crippen LogP contribution < -0.4 is 5.30 Å². The first-order chi connectivity index (χ1) is 7.79. The average Bonchev–Trinajstić information content (AvgIpc) is 2.35. The van der Waals surface area contributed by atoms with Gasteiger partial charge in [-0.3, -0.25) is 0 Å². The molecular weight excluding hydrogens is 215 g/mol. The van der Waals surface area contributed by atoms with Crippen molar-refractivity contribution in [1.82, 2.24) is 0 Å². The van der Waals surface area contributed by atoms with E-state index >= 15 is 0 Å². The van der Waals surface area contributed by atoms with Crippen LogP contribution in [0.2, 0.25) is 0 Å². The molecule has 0 aliphatic heterocycles. The van der Waals surface area contributed by atoms with Crippen molar-refractivity contribution in [2.45, 2.75) is 26.2 Å². The molecule has 86 valence electrons. The minimum atomic E-state index is -1.78. The Morgan fingerprint density at radius 2 is 2.06 bits per heavy atom. The first-order valence-electron chi connectivity index (χ1n) is 5.69. The van der Waals surface area contributed by atoms with Gasteiger partial charge in [-0.2, -0.15) is 0 Å². The fourth-order valence-corrected chi connectivity index (χ4v) is 3.21. The van der Waals surface area contributed by atoms with Gasteiger partial charge in [-0.15, -0.1) is 6.58 Å². The van der Waals surface area contributed by atoms with Gasteiger partial charge in [-0.1, -0.05) is 49.4 Å². The Balaban J connectivity index is 2.83. The predicted molar refractivity (Wildman–Crippen MR) is 72.9 cm³/mol. The summed E-state index contributed by atoms with van der Waals surface area (Å²) in [6.07, 6.45) is 6.68. The van der Waals surface area contributed by atoms with Crippen molar-refractivity contribution < 1.29 is 4.57 Å². The summed E-state index contributed by atoms with van der Waals surface area (Å²) in [6, 6.07) is 9.72. The van der Waals surface area contributed by atoms with E-state index in [2.05, 4.69) is 19.6 Å². The molecule has 0 aliphatic rings. The van der Waals surface area contributed by atoms with Crippen molar-refractivity contribution in [2.24, 2.45) is 0 Å². The highest BCUT2D eigenvalue weighted by atomic mass is 31.1. The van der Waals surface area contributed by atoms with Crippen LogP contribution in [-0.2, 0) is 4.57 Å². The summed E-state index contributed by atoms with van der Waals surface area (Å²) in [5.41, 5.74) is 0. The number of benzene rings is 1. The van der Waals surface area contributed by atoms with Gasteiger partial charge >= 0.3 is 0 Å². The van der Waals surface area contributed by atoms with E-state index in [1.54, 1.807) is 0 Å². The zero-order valence-electron chi connectivity index (χ0n) is 9.78. The molecular formula is C14H19OP. The lowest BCUT2D eigenvalue weighted by molar-refractivity contribution is 0.595. The first-order valence-corrected chi connectivity index (χ1v) is 7.10. The van der Waals surface area contributed by atoms with Crippen molar-refractivity contribution in [3.8, 4) is 0 Å². The molecule has 1 aromatic rings. The maximum absolute atomic E-state index is 12.3. The van der Waals surface area contributed by atoms with Crippen molar-refractivity contribution in [2.75, 3.05) is 0 Å². The Bertz CT molecular complexity index is 379. The van der Waals surface area contributed by atoms with Crippen LogP contribution in [-0.4, -0.2) is 0 Å². The molecule has 0 saturated carbocycles. The lowest BCUT2D eigenvalue weighted by atomic mass is 10.2. The smallest absolute Gasteiger partial charge is 0.127 e. The van der Waals surface area contributed by atoms with Crippen molar-refractivity contribution in [1.29, 1.82) is 0 Å². The molecule has 0 bridgehead atoms. The van der Waals surface area contributed by atoms with E-state index in [1.807, 2.05) is 36.4 Å². The molecule has 0 radical (unpaired) electrons. The lowest BCUT2D eigenvalue weighted by Gasteiger charge is -2.06. The zero-order chi connectivity index (χ0) is 11.8. The highest BCUT2D eigenvalue weighted by Gasteiger charge is 2.08. The molecule has 1 atom stereocenters. The predicted octanol–water partition coefficient (Wildman–Crippen LogP) is 4.13. The van der Waals surface area contributed by atoms with Crippen LogP contribution >= 0.6 is 7.80 Å². The van der Waals surface area contributed by atoms with E-state index in [0.29, 0.717) is 0 Å².